The molecule has 1 aliphatic heterocycles. The van der Waals surface area contributed by atoms with Gasteiger partial charge in [0.25, 0.3) is 0 Å². The molecule has 0 amide bonds. The second kappa shape index (κ2) is 3.53. The van der Waals surface area contributed by atoms with Crippen LogP contribution in [0.5, 0.6) is 0 Å². The zero-order valence-electron chi connectivity index (χ0n) is 8.92. The molecule has 0 spiro atoms. The van der Waals surface area contributed by atoms with Crippen molar-refractivity contribution in [2.24, 2.45) is 0 Å². The van der Waals surface area contributed by atoms with Gasteiger partial charge in [0.2, 0.25) is 5.79 Å². The molecule has 0 bridgehead atoms. The van der Waals surface area contributed by atoms with Crippen molar-refractivity contribution in [3.05, 3.63) is 0 Å². The molecular formula is C9H18O4. The molecule has 2 unspecified atom stereocenters. The van der Waals surface area contributed by atoms with Gasteiger partial charge >= 0.3 is 0 Å². The number of rotatable bonds is 2. The van der Waals surface area contributed by atoms with Crippen molar-refractivity contribution in [2.75, 3.05) is 14.2 Å². The lowest BCUT2D eigenvalue weighted by Crippen LogP contribution is -2.54. The summed E-state index contributed by atoms with van der Waals surface area (Å²) in [5.41, 5.74) is -0.321. The highest BCUT2D eigenvalue weighted by Crippen LogP contribution is 2.34. The van der Waals surface area contributed by atoms with Gasteiger partial charge in [-0.05, 0) is 20.8 Å². The highest BCUT2D eigenvalue weighted by Gasteiger charge is 2.46. The van der Waals surface area contributed by atoms with Crippen LogP contribution in [0.4, 0.5) is 0 Å². The lowest BCUT2D eigenvalue weighted by molar-refractivity contribution is -0.499. The van der Waals surface area contributed by atoms with Gasteiger partial charge in [-0.1, -0.05) is 0 Å². The minimum absolute atomic E-state index is 0.110. The van der Waals surface area contributed by atoms with Gasteiger partial charge in [-0.15, -0.1) is 0 Å². The molecule has 0 aromatic heterocycles. The highest BCUT2D eigenvalue weighted by atomic mass is 17.2. The van der Waals surface area contributed by atoms with Crippen molar-refractivity contribution in [2.45, 2.75) is 44.7 Å². The Balaban J connectivity index is 2.71. The standard InChI is InChI=1S/C9H18O4/c1-8(2)6-7(10-4)9(3,11-5)13-12-8/h7H,6H2,1-5H3. The van der Waals surface area contributed by atoms with E-state index >= 15 is 0 Å². The molecule has 0 saturated carbocycles. The first-order valence-corrected chi connectivity index (χ1v) is 4.38. The molecule has 1 rings (SSSR count). The molecule has 0 aliphatic carbocycles. The summed E-state index contributed by atoms with van der Waals surface area (Å²) in [5.74, 6) is -0.801. The molecule has 0 aromatic carbocycles. The number of ether oxygens (including phenoxy) is 2. The quantitative estimate of drug-likeness (QED) is 0.618. The molecule has 1 saturated heterocycles. The van der Waals surface area contributed by atoms with Crippen molar-refractivity contribution in [3.8, 4) is 0 Å². The SMILES string of the molecule is COC1CC(C)(C)OOC1(C)OC. The fraction of sp³-hybridized carbons (Fsp3) is 1.00. The van der Waals surface area contributed by atoms with E-state index in [1.807, 2.05) is 13.8 Å². The smallest absolute Gasteiger partial charge is 0.225 e. The van der Waals surface area contributed by atoms with Crippen LogP contribution in [0.3, 0.4) is 0 Å². The molecule has 0 N–H and O–H groups in total. The summed E-state index contributed by atoms with van der Waals surface area (Å²) < 4.78 is 10.5. The molecule has 4 nitrogen and oxygen atoms in total. The van der Waals surface area contributed by atoms with Crippen LogP contribution in [0.2, 0.25) is 0 Å². The number of hydrogen-bond acceptors (Lipinski definition) is 4. The van der Waals surface area contributed by atoms with Crippen LogP contribution in [0.25, 0.3) is 0 Å². The first kappa shape index (κ1) is 10.9. The monoisotopic (exact) mass is 190 g/mol. The van der Waals surface area contributed by atoms with Gasteiger partial charge in [-0.25, -0.2) is 4.89 Å². The third kappa shape index (κ3) is 2.20. The predicted molar refractivity (Wildman–Crippen MR) is 47.1 cm³/mol. The Hall–Kier alpha value is -0.160. The highest BCUT2D eigenvalue weighted by molar-refractivity contribution is 4.85. The maximum absolute atomic E-state index is 5.30. The van der Waals surface area contributed by atoms with Gasteiger partial charge in [-0.2, -0.15) is 4.89 Å². The van der Waals surface area contributed by atoms with E-state index in [0.717, 1.165) is 6.42 Å². The minimum Gasteiger partial charge on any atom is -0.376 e. The van der Waals surface area contributed by atoms with Crippen LogP contribution in [-0.4, -0.2) is 31.7 Å². The van der Waals surface area contributed by atoms with E-state index in [2.05, 4.69) is 0 Å². The molecule has 1 fully saturated rings. The van der Waals surface area contributed by atoms with E-state index in [1.54, 1.807) is 21.1 Å². The van der Waals surface area contributed by atoms with E-state index in [1.165, 1.54) is 0 Å². The van der Waals surface area contributed by atoms with E-state index in [-0.39, 0.29) is 11.7 Å². The average molecular weight is 190 g/mol. The van der Waals surface area contributed by atoms with Gasteiger partial charge in [0.05, 0.1) is 0 Å². The van der Waals surface area contributed by atoms with Gasteiger partial charge in [0, 0.05) is 20.6 Å². The van der Waals surface area contributed by atoms with Crippen molar-refractivity contribution in [3.63, 3.8) is 0 Å². The lowest BCUT2D eigenvalue weighted by atomic mass is 9.95. The van der Waals surface area contributed by atoms with E-state index in [4.69, 9.17) is 19.2 Å². The Kier molecular flexibility index (Phi) is 2.97. The lowest BCUT2D eigenvalue weighted by Gasteiger charge is -2.43. The zero-order valence-corrected chi connectivity index (χ0v) is 8.92. The summed E-state index contributed by atoms with van der Waals surface area (Å²) in [4.78, 5) is 10.4. The summed E-state index contributed by atoms with van der Waals surface area (Å²) in [6.45, 7) is 5.71. The molecule has 78 valence electrons. The first-order chi connectivity index (χ1) is 5.93. The normalized spacial score (nSPS) is 39.0. The Bertz CT molecular complexity index is 180. The maximum Gasteiger partial charge on any atom is 0.225 e. The van der Waals surface area contributed by atoms with Gasteiger partial charge < -0.3 is 9.47 Å². The van der Waals surface area contributed by atoms with Crippen LogP contribution in [0, 0.1) is 0 Å². The molecule has 2 atom stereocenters. The largest absolute Gasteiger partial charge is 0.376 e. The number of hydrogen-bond donors (Lipinski definition) is 0. The summed E-state index contributed by atoms with van der Waals surface area (Å²) >= 11 is 0. The summed E-state index contributed by atoms with van der Waals surface area (Å²) in [6.07, 6.45) is 0.634. The van der Waals surface area contributed by atoms with E-state index in [9.17, 15) is 0 Å². The van der Waals surface area contributed by atoms with Gasteiger partial charge in [0.15, 0.2) is 0 Å². The van der Waals surface area contributed by atoms with Crippen LogP contribution in [0.15, 0.2) is 0 Å². The molecule has 0 radical (unpaired) electrons. The van der Waals surface area contributed by atoms with Crippen molar-refractivity contribution < 1.29 is 19.2 Å². The maximum atomic E-state index is 5.30. The summed E-state index contributed by atoms with van der Waals surface area (Å²) in [6, 6.07) is 0. The number of methoxy groups -OCH3 is 2. The second-order valence-electron chi connectivity index (χ2n) is 4.07. The molecule has 1 aliphatic rings. The van der Waals surface area contributed by atoms with Crippen LogP contribution >= 0.6 is 0 Å². The van der Waals surface area contributed by atoms with Crippen LogP contribution < -0.4 is 0 Å². The van der Waals surface area contributed by atoms with E-state index < -0.39 is 5.79 Å². The van der Waals surface area contributed by atoms with Gasteiger partial charge in [-0.3, -0.25) is 0 Å². The Morgan fingerprint density at radius 2 is 1.77 bits per heavy atom. The Morgan fingerprint density at radius 3 is 2.23 bits per heavy atom. The third-order valence-corrected chi connectivity index (χ3v) is 2.38. The summed E-state index contributed by atoms with van der Waals surface area (Å²) in [5, 5.41) is 0. The Morgan fingerprint density at radius 1 is 1.15 bits per heavy atom. The van der Waals surface area contributed by atoms with Gasteiger partial charge in [0.1, 0.15) is 11.7 Å². The zero-order chi connectivity index (χ0) is 10.1. The average Bonchev–Trinajstić information content (AvgIpc) is 2.09. The topological polar surface area (TPSA) is 36.9 Å². The fourth-order valence-corrected chi connectivity index (χ4v) is 1.38. The van der Waals surface area contributed by atoms with Crippen molar-refractivity contribution in [1.29, 1.82) is 0 Å². The molecule has 13 heavy (non-hydrogen) atoms. The van der Waals surface area contributed by atoms with E-state index in [0.29, 0.717) is 0 Å². The third-order valence-electron chi connectivity index (χ3n) is 2.38. The molecular weight excluding hydrogens is 172 g/mol. The van der Waals surface area contributed by atoms with Crippen LogP contribution in [0.1, 0.15) is 27.2 Å². The Labute approximate surface area is 79.0 Å². The second-order valence-corrected chi connectivity index (χ2v) is 4.07. The van der Waals surface area contributed by atoms with Crippen molar-refractivity contribution >= 4 is 0 Å². The molecule has 1 heterocycles. The molecule has 0 aromatic rings. The fourth-order valence-electron chi connectivity index (χ4n) is 1.38. The van der Waals surface area contributed by atoms with Crippen LogP contribution in [-0.2, 0) is 19.2 Å². The first-order valence-electron chi connectivity index (χ1n) is 4.38. The minimum atomic E-state index is -0.801. The predicted octanol–water partition coefficient (Wildman–Crippen LogP) is 1.49. The summed E-state index contributed by atoms with van der Waals surface area (Å²) in [7, 11) is 3.22. The van der Waals surface area contributed by atoms with Crippen molar-refractivity contribution in [1.82, 2.24) is 0 Å². The molecule has 4 heteroatoms.